The zero-order valence-corrected chi connectivity index (χ0v) is 20.1. The van der Waals surface area contributed by atoms with Crippen LogP contribution in [0.2, 0.25) is 0 Å². The standard InChI is InChI=1S/C27H38N4O/c1-19(2)30-12-9-21(10-13-30)15-26(32)31-17-20(3)14-23(18-31)24-8-7-22(16-28-4)27-25(24)6-5-11-29-27/h5-8,11,16,19-21,23H,9-10,12-15,17-18H2,1-4H3/b28-16+/t20-,23+/m1/s1. The topological polar surface area (TPSA) is 48.8 Å². The normalized spacial score (nSPS) is 23.5. The summed E-state index contributed by atoms with van der Waals surface area (Å²) in [5.41, 5.74) is 3.37. The molecule has 0 aliphatic carbocycles. The summed E-state index contributed by atoms with van der Waals surface area (Å²) in [4.78, 5) is 26.8. The molecule has 0 unspecified atom stereocenters. The third-order valence-electron chi connectivity index (χ3n) is 7.40. The van der Waals surface area contributed by atoms with Gasteiger partial charge in [-0.3, -0.25) is 14.8 Å². The monoisotopic (exact) mass is 434 g/mol. The molecule has 2 atom stereocenters. The summed E-state index contributed by atoms with van der Waals surface area (Å²) in [6, 6.07) is 9.14. The number of nitrogens with zero attached hydrogens (tertiary/aromatic N) is 4. The molecule has 3 heterocycles. The first-order chi connectivity index (χ1) is 15.5. The van der Waals surface area contributed by atoms with Gasteiger partial charge >= 0.3 is 0 Å². The van der Waals surface area contributed by atoms with Crippen molar-refractivity contribution in [2.75, 3.05) is 33.2 Å². The van der Waals surface area contributed by atoms with Crippen LogP contribution in [0.25, 0.3) is 10.9 Å². The van der Waals surface area contributed by atoms with E-state index in [1.165, 1.54) is 10.9 Å². The van der Waals surface area contributed by atoms with Gasteiger partial charge < -0.3 is 9.80 Å². The van der Waals surface area contributed by atoms with E-state index in [0.29, 0.717) is 36.1 Å². The minimum Gasteiger partial charge on any atom is -0.342 e. The largest absolute Gasteiger partial charge is 0.342 e. The third-order valence-corrected chi connectivity index (χ3v) is 7.40. The van der Waals surface area contributed by atoms with Gasteiger partial charge in [0, 0.05) is 61.9 Å². The molecule has 1 amide bonds. The van der Waals surface area contributed by atoms with Gasteiger partial charge in [-0.1, -0.05) is 25.1 Å². The van der Waals surface area contributed by atoms with Crippen LogP contribution >= 0.6 is 0 Å². The van der Waals surface area contributed by atoms with Crippen LogP contribution in [-0.4, -0.2) is 66.2 Å². The molecule has 5 nitrogen and oxygen atoms in total. The molecule has 172 valence electrons. The fourth-order valence-electron chi connectivity index (χ4n) is 5.65. The van der Waals surface area contributed by atoms with E-state index in [9.17, 15) is 4.79 Å². The van der Waals surface area contributed by atoms with E-state index in [0.717, 1.165) is 56.5 Å². The maximum absolute atomic E-state index is 13.3. The molecule has 32 heavy (non-hydrogen) atoms. The van der Waals surface area contributed by atoms with Crippen LogP contribution < -0.4 is 0 Å². The van der Waals surface area contributed by atoms with E-state index < -0.39 is 0 Å². The number of aromatic nitrogens is 1. The van der Waals surface area contributed by atoms with Crippen molar-refractivity contribution < 1.29 is 4.79 Å². The first-order valence-corrected chi connectivity index (χ1v) is 12.3. The number of carbonyl (C=O) groups excluding carboxylic acids is 1. The summed E-state index contributed by atoms with van der Waals surface area (Å²) < 4.78 is 0. The lowest BCUT2D eigenvalue weighted by Crippen LogP contribution is -2.44. The van der Waals surface area contributed by atoms with Crippen LogP contribution in [0, 0.1) is 11.8 Å². The SMILES string of the molecule is C/N=C/c1ccc([C@H]2C[C@@H](C)CN(C(=O)CC3CCN(C(C)C)CC3)C2)c2cccnc12. The van der Waals surface area contributed by atoms with E-state index >= 15 is 0 Å². The summed E-state index contributed by atoms with van der Waals surface area (Å²) in [5, 5.41) is 1.19. The van der Waals surface area contributed by atoms with Crippen molar-refractivity contribution >= 4 is 23.0 Å². The van der Waals surface area contributed by atoms with E-state index in [2.05, 4.69) is 58.7 Å². The maximum atomic E-state index is 13.3. The van der Waals surface area contributed by atoms with Crippen molar-refractivity contribution in [3.8, 4) is 0 Å². The first-order valence-electron chi connectivity index (χ1n) is 12.3. The van der Waals surface area contributed by atoms with Crippen LogP contribution in [0.5, 0.6) is 0 Å². The molecule has 1 aromatic heterocycles. The van der Waals surface area contributed by atoms with E-state index in [-0.39, 0.29) is 0 Å². The van der Waals surface area contributed by atoms with Gasteiger partial charge in [-0.05, 0) is 69.7 Å². The average Bonchev–Trinajstić information content (AvgIpc) is 2.79. The minimum absolute atomic E-state index is 0.349. The van der Waals surface area contributed by atoms with Crippen LogP contribution in [0.4, 0.5) is 0 Å². The zero-order valence-electron chi connectivity index (χ0n) is 20.1. The highest BCUT2D eigenvalue weighted by Gasteiger charge is 2.31. The van der Waals surface area contributed by atoms with E-state index in [1.807, 2.05) is 18.5 Å². The van der Waals surface area contributed by atoms with Gasteiger partial charge in [0.1, 0.15) is 0 Å². The Hall–Kier alpha value is -2.27. The summed E-state index contributed by atoms with van der Waals surface area (Å²) in [5.74, 6) is 1.74. The number of piperidine rings is 2. The van der Waals surface area contributed by atoms with Gasteiger partial charge in [-0.2, -0.15) is 0 Å². The molecule has 0 N–H and O–H groups in total. The Labute approximate surface area is 192 Å². The number of rotatable bonds is 5. The van der Waals surface area contributed by atoms with Crippen LogP contribution in [-0.2, 0) is 4.79 Å². The molecule has 2 saturated heterocycles. The van der Waals surface area contributed by atoms with Crippen molar-refractivity contribution in [3.05, 3.63) is 41.6 Å². The Bertz CT molecular complexity index is 961. The Kier molecular flexibility index (Phi) is 7.24. The number of benzene rings is 1. The third kappa shape index (κ3) is 5.03. The zero-order chi connectivity index (χ0) is 22.7. The Morgan fingerprint density at radius 3 is 2.72 bits per heavy atom. The van der Waals surface area contributed by atoms with Crippen molar-refractivity contribution in [2.24, 2.45) is 16.8 Å². The minimum atomic E-state index is 0.349. The lowest BCUT2D eigenvalue weighted by Gasteiger charge is -2.39. The highest BCUT2D eigenvalue weighted by Crippen LogP contribution is 2.35. The number of carbonyl (C=O) groups is 1. The van der Waals surface area contributed by atoms with E-state index in [1.54, 1.807) is 7.05 Å². The van der Waals surface area contributed by atoms with E-state index in [4.69, 9.17) is 0 Å². The second-order valence-corrected chi connectivity index (χ2v) is 10.1. The van der Waals surface area contributed by atoms with Gasteiger partial charge in [-0.25, -0.2) is 0 Å². The highest BCUT2D eigenvalue weighted by atomic mass is 16.2. The molecule has 5 heteroatoms. The molecule has 2 aromatic rings. The summed E-state index contributed by atoms with van der Waals surface area (Å²) in [6.45, 7) is 10.8. The second kappa shape index (κ2) is 10.1. The lowest BCUT2D eigenvalue weighted by molar-refractivity contribution is -0.134. The van der Waals surface area contributed by atoms with Crippen LogP contribution in [0.15, 0.2) is 35.5 Å². The molecule has 2 aliphatic rings. The van der Waals surface area contributed by atoms with Crippen LogP contribution in [0.3, 0.4) is 0 Å². The number of pyridine rings is 1. The van der Waals surface area contributed by atoms with Crippen molar-refractivity contribution in [3.63, 3.8) is 0 Å². The molecule has 0 bridgehead atoms. The number of amides is 1. The van der Waals surface area contributed by atoms with Crippen molar-refractivity contribution in [2.45, 2.75) is 58.4 Å². The van der Waals surface area contributed by atoms with Crippen molar-refractivity contribution in [1.82, 2.24) is 14.8 Å². The quantitative estimate of drug-likeness (QED) is 0.638. The van der Waals surface area contributed by atoms with Gasteiger partial charge in [0.05, 0.1) is 5.52 Å². The molecule has 4 rings (SSSR count). The average molecular weight is 435 g/mol. The Morgan fingerprint density at radius 2 is 2.00 bits per heavy atom. The van der Waals surface area contributed by atoms with Gasteiger partial charge in [0.2, 0.25) is 5.91 Å². The van der Waals surface area contributed by atoms with Gasteiger partial charge in [0.25, 0.3) is 0 Å². The van der Waals surface area contributed by atoms with Gasteiger partial charge in [0.15, 0.2) is 0 Å². The fraction of sp³-hybridized carbons (Fsp3) is 0.593. The smallest absolute Gasteiger partial charge is 0.222 e. The Morgan fingerprint density at radius 1 is 1.22 bits per heavy atom. The number of fused-ring (bicyclic) bond motifs is 1. The lowest BCUT2D eigenvalue weighted by atomic mass is 9.82. The Balaban J connectivity index is 1.48. The maximum Gasteiger partial charge on any atom is 0.222 e. The van der Waals surface area contributed by atoms with Crippen molar-refractivity contribution in [1.29, 1.82) is 0 Å². The number of likely N-dealkylation sites (tertiary alicyclic amines) is 2. The summed E-state index contributed by atoms with van der Waals surface area (Å²) in [6.07, 6.45) is 7.84. The molecular formula is C27H38N4O. The molecule has 1 aromatic carbocycles. The predicted molar refractivity (Wildman–Crippen MR) is 132 cm³/mol. The predicted octanol–water partition coefficient (Wildman–Crippen LogP) is 4.75. The molecule has 0 saturated carbocycles. The molecule has 2 fully saturated rings. The van der Waals surface area contributed by atoms with Crippen LogP contribution in [0.1, 0.15) is 63.5 Å². The molecule has 0 spiro atoms. The second-order valence-electron chi connectivity index (χ2n) is 10.1. The molecule has 2 aliphatic heterocycles. The number of hydrogen-bond donors (Lipinski definition) is 0. The van der Waals surface area contributed by atoms with Gasteiger partial charge in [-0.15, -0.1) is 0 Å². The number of aliphatic imine (C=N–C) groups is 1. The summed E-state index contributed by atoms with van der Waals surface area (Å²) >= 11 is 0. The fourth-order valence-corrected chi connectivity index (χ4v) is 5.65. The molecular weight excluding hydrogens is 396 g/mol. The first kappa shape index (κ1) is 22.9. The highest BCUT2D eigenvalue weighted by molar-refractivity contribution is 5.99. The number of hydrogen-bond acceptors (Lipinski definition) is 4. The molecule has 0 radical (unpaired) electrons. The summed E-state index contributed by atoms with van der Waals surface area (Å²) in [7, 11) is 1.79.